The van der Waals surface area contributed by atoms with Crippen LogP contribution in [0.3, 0.4) is 0 Å². The van der Waals surface area contributed by atoms with Crippen LogP contribution in [0.1, 0.15) is 38.4 Å². The Morgan fingerprint density at radius 3 is 2.62 bits per heavy atom. The minimum absolute atomic E-state index is 0.148. The second-order valence-electron chi connectivity index (χ2n) is 4.49. The third-order valence-electron chi connectivity index (χ3n) is 2.62. The fraction of sp³-hybridized carbons (Fsp3) is 0.615. The number of aromatic nitrogens is 1. The molecule has 1 rings (SSSR count). The van der Waals surface area contributed by atoms with Crippen LogP contribution in [0, 0.1) is 6.92 Å². The summed E-state index contributed by atoms with van der Waals surface area (Å²) in [4.78, 5) is 12.1. The minimum atomic E-state index is 0.148. The van der Waals surface area contributed by atoms with Crippen molar-refractivity contribution in [2.75, 3.05) is 0 Å². The SMILES string of the molecule is CCCn1c(C)ccc(CNC(C)C)c1=O. The molecule has 0 saturated heterocycles. The standard InChI is InChI=1S/C13H22N2O/c1-5-8-15-11(4)6-7-12(13(15)16)9-14-10(2)3/h6-7,10,14H,5,8-9H2,1-4H3. The predicted octanol–water partition coefficient (Wildman–Crippen LogP) is 2.06. The average Bonchev–Trinajstić information content (AvgIpc) is 2.23. The zero-order valence-corrected chi connectivity index (χ0v) is 10.7. The molecule has 1 heterocycles. The molecule has 0 saturated carbocycles. The number of hydrogen-bond donors (Lipinski definition) is 1. The second kappa shape index (κ2) is 5.85. The Morgan fingerprint density at radius 2 is 2.06 bits per heavy atom. The summed E-state index contributed by atoms with van der Waals surface area (Å²) in [6, 6.07) is 4.36. The number of nitrogens with one attached hydrogen (secondary N) is 1. The zero-order valence-electron chi connectivity index (χ0n) is 10.7. The molecule has 90 valence electrons. The van der Waals surface area contributed by atoms with Crippen LogP contribution in [-0.2, 0) is 13.1 Å². The van der Waals surface area contributed by atoms with Gasteiger partial charge in [0, 0.05) is 30.4 Å². The summed E-state index contributed by atoms with van der Waals surface area (Å²) in [5.74, 6) is 0. The Morgan fingerprint density at radius 1 is 1.38 bits per heavy atom. The lowest BCUT2D eigenvalue weighted by Crippen LogP contribution is -2.30. The topological polar surface area (TPSA) is 34.0 Å². The predicted molar refractivity (Wildman–Crippen MR) is 67.7 cm³/mol. The van der Waals surface area contributed by atoms with Crippen molar-refractivity contribution in [1.82, 2.24) is 9.88 Å². The summed E-state index contributed by atoms with van der Waals surface area (Å²) in [5, 5.41) is 3.28. The van der Waals surface area contributed by atoms with Gasteiger partial charge in [-0.3, -0.25) is 4.79 Å². The smallest absolute Gasteiger partial charge is 0.255 e. The molecule has 1 aromatic rings. The Labute approximate surface area is 97.5 Å². The maximum Gasteiger partial charge on any atom is 0.255 e. The average molecular weight is 222 g/mol. The molecular weight excluding hydrogens is 200 g/mol. The molecular formula is C13H22N2O. The molecule has 0 unspecified atom stereocenters. The highest BCUT2D eigenvalue weighted by Gasteiger charge is 2.05. The summed E-state index contributed by atoms with van der Waals surface area (Å²) in [5.41, 5.74) is 2.04. The van der Waals surface area contributed by atoms with Gasteiger partial charge in [-0.05, 0) is 19.4 Å². The van der Waals surface area contributed by atoms with Crippen LogP contribution in [0.25, 0.3) is 0 Å². The van der Waals surface area contributed by atoms with E-state index in [1.165, 1.54) is 0 Å². The van der Waals surface area contributed by atoms with E-state index in [2.05, 4.69) is 26.1 Å². The molecule has 0 aliphatic carbocycles. The van der Waals surface area contributed by atoms with E-state index in [0.29, 0.717) is 12.6 Å². The normalized spacial score (nSPS) is 11.1. The van der Waals surface area contributed by atoms with Gasteiger partial charge in [0.05, 0.1) is 0 Å². The maximum atomic E-state index is 12.1. The third kappa shape index (κ3) is 3.20. The van der Waals surface area contributed by atoms with Crippen LogP contribution in [0.4, 0.5) is 0 Å². The fourth-order valence-electron chi connectivity index (χ4n) is 1.67. The van der Waals surface area contributed by atoms with Gasteiger partial charge in [-0.1, -0.05) is 26.8 Å². The first-order valence-electron chi connectivity index (χ1n) is 5.99. The van der Waals surface area contributed by atoms with Gasteiger partial charge in [0.25, 0.3) is 5.56 Å². The molecule has 1 aromatic heterocycles. The van der Waals surface area contributed by atoms with Crippen molar-refractivity contribution in [3.63, 3.8) is 0 Å². The molecule has 0 atom stereocenters. The number of nitrogens with zero attached hydrogens (tertiary/aromatic N) is 1. The molecule has 0 aliphatic heterocycles. The highest BCUT2D eigenvalue weighted by atomic mass is 16.1. The third-order valence-corrected chi connectivity index (χ3v) is 2.62. The van der Waals surface area contributed by atoms with Crippen molar-refractivity contribution < 1.29 is 0 Å². The van der Waals surface area contributed by atoms with Crippen molar-refractivity contribution in [3.05, 3.63) is 33.7 Å². The molecule has 0 fully saturated rings. The molecule has 3 heteroatoms. The van der Waals surface area contributed by atoms with Gasteiger partial charge in [-0.25, -0.2) is 0 Å². The van der Waals surface area contributed by atoms with E-state index >= 15 is 0 Å². The van der Waals surface area contributed by atoms with Gasteiger partial charge in [-0.15, -0.1) is 0 Å². The second-order valence-corrected chi connectivity index (χ2v) is 4.49. The Kier molecular flexibility index (Phi) is 4.74. The molecule has 0 aromatic carbocycles. The van der Waals surface area contributed by atoms with E-state index in [4.69, 9.17) is 0 Å². The van der Waals surface area contributed by atoms with Gasteiger partial charge < -0.3 is 9.88 Å². The van der Waals surface area contributed by atoms with E-state index < -0.39 is 0 Å². The number of aryl methyl sites for hydroxylation is 1. The van der Waals surface area contributed by atoms with Gasteiger partial charge in [0.15, 0.2) is 0 Å². The summed E-state index contributed by atoms with van der Waals surface area (Å²) in [7, 11) is 0. The van der Waals surface area contributed by atoms with Gasteiger partial charge in [0.2, 0.25) is 0 Å². The first-order chi connectivity index (χ1) is 7.56. The summed E-state index contributed by atoms with van der Waals surface area (Å²) >= 11 is 0. The molecule has 0 aliphatic rings. The minimum Gasteiger partial charge on any atom is -0.313 e. The summed E-state index contributed by atoms with van der Waals surface area (Å²) < 4.78 is 1.86. The quantitative estimate of drug-likeness (QED) is 0.827. The molecule has 0 amide bonds. The van der Waals surface area contributed by atoms with Crippen molar-refractivity contribution >= 4 is 0 Å². The molecule has 1 N–H and O–H groups in total. The monoisotopic (exact) mass is 222 g/mol. The van der Waals surface area contributed by atoms with Crippen LogP contribution < -0.4 is 10.9 Å². The van der Waals surface area contributed by atoms with E-state index in [9.17, 15) is 4.79 Å². The zero-order chi connectivity index (χ0) is 12.1. The van der Waals surface area contributed by atoms with Crippen molar-refractivity contribution in [3.8, 4) is 0 Å². The first-order valence-corrected chi connectivity index (χ1v) is 5.99. The van der Waals surface area contributed by atoms with E-state index in [0.717, 1.165) is 24.2 Å². The largest absolute Gasteiger partial charge is 0.313 e. The summed E-state index contributed by atoms with van der Waals surface area (Å²) in [6.45, 7) is 9.69. The lowest BCUT2D eigenvalue weighted by Gasteiger charge is -2.12. The Bertz CT molecular complexity index is 393. The lowest BCUT2D eigenvalue weighted by atomic mass is 10.2. The van der Waals surface area contributed by atoms with Crippen LogP contribution in [0.2, 0.25) is 0 Å². The number of rotatable bonds is 5. The Hall–Kier alpha value is -1.09. The number of hydrogen-bond acceptors (Lipinski definition) is 2. The fourth-order valence-corrected chi connectivity index (χ4v) is 1.67. The van der Waals surface area contributed by atoms with Crippen molar-refractivity contribution in [2.24, 2.45) is 0 Å². The Balaban J connectivity index is 2.95. The molecule has 0 bridgehead atoms. The van der Waals surface area contributed by atoms with Crippen molar-refractivity contribution in [1.29, 1.82) is 0 Å². The van der Waals surface area contributed by atoms with Crippen LogP contribution >= 0.6 is 0 Å². The molecule has 16 heavy (non-hydrogen) atoms. The highest BCUT2D eigenvalue weighted by molar-refractivity contribution is 5.15. The summed E-state index contributed by atoms with van der Waals surface area (Å²) in [6.07, 6.45) is 0.988. The van der Waals surface area contributed by atoms with E-state index in [1.54, 1.807) is 0 Å². The first kappa shape index (κ1) is 13.0. The van der Waals surface area contributed by atoms with E-state index in [1.807, 2.05) is 23.6 Å². The van der Waals surface area contributed by atoms with Gasteiger partial charge >= 0.3 is 0 Å². The van der Waals surface area contributed by atoms with Crippen LogP contribution in [-0.4, -0.2) is 10.6 Å². The molecule has 0 spiro atoms. The maximum absolute atomic E-state index is 12.1. The molecule has 0 radical (unpaired) electrons. The van der Waals surface area contributed by atoms with Crippen LogP contribution in [0.5, 0.6) is 0 Å². The van der Waals surface area contributed by atoms with E-state index in [-0.39, 0.29) is 5.56 Å². The highest BCUT2D eigenvalue weighted by Crippen LogP contribution is 2.00. The van der Waals surface area contributed by atoms with Crippen LogP contribution in [0.15, 0.2) is 16.9 Å². The van der Waals surface area contributed by atoms with Gasteiger partial charge in [0.1, 0.15) is 0 Å². The lowest BCUT2D eigenvalue weighted by molar-refractivity contribution is 0.572. The van der Waals surface area contributed by atoms with Gasteiger partial charge in [-0.2, -0.15) is 0 Å². The van der Waals surface area contributed by atoms with Crippen molar-refractivity contribution in [2.45, 2.75) is 53.2 Å². The number of pyridine rings is 1. The molecule has 3 nitrogen and oxygen atoms in total.